The fourth-order valence-electron chi connectivity index (χ4n) is 3.30. The predicted octanol–water partition coefficient (Wildman–Crippen LogP) is 1.79. The molecule has 118 valence electrons. The van der Waals surface area contributed by atoms with Crippen molar-refractivity contribution in [1.82, 2.24) is 15.5 Å². The van der Waals surface area contributed by atoms with Crippen molar-refractivity contribution in [3.05, 3.63) is 0 Å². The van der Waals surface area contributed by atoms with Crippen LogP contribution >= 0.6 is 12.4 Å². The second-order valence-electron chi connectivity index (χ2n) is 6.11. The highest BCUT2D eigenvalue weighted by atomic mass is 35.5. The number of carbonyl (C=O) groups excluding carboxylic acids is 1. The normalized spacial score (nSPS) is 24.9. The maximum Gasteiger partial charge on any atom is 0.220 e. The minimum absolute atomic E-state index is 0. The molecule has 0 aromatic rings. The number of nitrogens with zero attached hydrogens (tertiary/aromatic N) is 1. The van der Waals surface area contributed by atoms with Gasteiger partial charge in [-0.1, -0.05) is 6.92 Å². The Hall–Kier alpha value is -0.320. The summed E-state index contributed by atoms with van der Waals surface area (Å²) in [4.78, 5) is 14.2. The summed E-state index contributed by atoms with van der Waals surface area (Å²) in [6.45, 7) is 7.90. The van der Waals surface area contributed by atoms with Gasteiger partial charge in [-0.05, 0) is 57.7 Å². The fraction of sp³-hybridized carbons (Fsp3) is 0.933. The summed E-state index contributed by atoms with van der Waals surface area (Å²) in [6, 6.07) is 0.384. The molecule has 0 aliphatic carbocycles. The Morgan fingerprint density at radius 2 is 2.05 bits per heavy atom. The van der Waals surface area contributed by atoms with Crippen LogP contribution in [-0.4, -0.2) is 49.6 Å². The zero-order valence-corrected chi connectivity index (χ0v) is 13.5. The number of rotatable bonds is 5. The van der Waals surface area contributed by atoms with E-state index in [2.05, 4.69) is 22.5 Å². The van der Waals surface area contributed by atoms with E-state index in [0.29, 0.717) is 12.5 Å². The number of amides is 1. The van der Waals surface area contributed by atoms with E-state index in [0.717, 1.165) is 25.3 Å². The van der Waals surface area contributed by atoms with E-state index in [4.69, 9.17) is 0 Å². The molecule has 2 heterocycles. The number of likely N-dealkylation sites (tertiary alicyclic amines) is 1. The van der Waals surface area contributed by atoms with Crippen LogP contribution in [-0.2, 0) is 4.79 Å². The largest absolute Gasteiger partial charge is 0.352 e. The van der Waals surface area contributed by atoms with E-state index >= 15 is 0 Å². The van der Waals surface area contributed by atoms with Crippen molar-refractivity contribution in [3.8, 4) is 0 Å². The Kier molecular flexibility index (Phi) is 8.50. The molecule has 0 saturated carbocycles. The first kappa shape index (κ1) is 17.7. The standard InChI is InChI=1S/C15H29N3O.ClH/c1-2-4-15(19)17-14-5-3-10-18(12-14)11-13-6-8-16-9-7-13;/h13-14,16H,2-12H2,1H3,(H,17,19);1H. The highest BCUT2D eigenvalue weighted by Crippen LogP contribution is 2.17. The van der Waals surface area contributed by atoms with Gasteiger partial charge in [0.15, 0.2) is 0 Å². The summed E-state index contributed by atoms with van der Waals surface area (Å²) in [7, 11) is 0. The zero-order valence-electron chi connectivity index (χ0n) is 12.7. The van der Waals surface area contributed by atoms with Gasteiger partial charge in [0.05, 0.1) is 0 Å². The first-order valence-electron chi connectivity index (χ1n) is 8.00. The molecule has 2 aliphatic heterocycles. The summed E-state index contributed by atoms with van der Waals surface area (Å²) in [5.41, 5.74) is 0. The van der Waals surface area contributed by atoms with E-state index in [1.807, 2.05) is 0 Å². The highest BCUT2D eigenvalue weighted by Gasteiger charge is 2.24. The third-order valence-electron chi connectivity index (χ3n) is 4.32. The fourth-order valence-corrected chi connectivity index (χ4v) is 3.30. The van der Waals surface area contributed by atoms with Crippen LogP contribution in [0.2, 0.25) is 0 Å². The van der Waals surface area contributed by atoms with Crippen molar-refractivity contribution in [2.75, 3.05) is 32.7 Å². The van der Waals surface area contributed by atoms with Gasteiger partial charge in [-0.25, -0.2) is 0 Å². The number of piperidine rings is 2. The molecule has 20 heavy (non-hydrogen) atoms. The summed E-state index contributed by atoms with van der Waals surface area (Å²) >= 11 is 0. The van der Waals surface area contributed by atoms with E-state index < -0.39 is 0 Å². The van der Waals surface area contributed by atoms with Crippen LogP contribution in [0.3, 0.4) is 0 Å². The molecular weight excluding hydrogens is 274 g/mol. The second-order valence-corrected chi connectivity index (χ2v) is 6.11. The molecule has 1 atom stereocenters. The monoisotopic (exact) mass is 303 g/mol. The number of nitrogens with one attached hydrogen (secondary N) is 2. The lowest BCUT2D eigenvalue weighted by atomic mass is 9.96. The van der Waals surface area contributed by atoms with E-state index in [1.165, 1.54) is 45.4 Å². The Morgan fingerprint density at radius 3 is 2.75 bits per heavy atom. The Balaban J connectivity index is 0.00000200. The molecule has 2 aliphatic rings. The van der Waals surface area contributed by atoms with Crippen LogP contribution in [0.15, 0.2) is 0 Å². The summed E-state index contributed by atoms with van der Waals surface area (Å²) in [5, 5.41) is 6.62. The molecule has 0 radical (unpaired) electrons. The van der Waals surface area contributed by atoms with Crippen LogP contribution in [0.5, 0.6) is 0 Å². The molecule has 1 amide bonds. The Bertz CT molecular complexity index is 282. The molecule has 2 fully saturated rings. The number of hydrogen-bond donors (Lipinski definition) is 2. The van der Waals surface area contributed by atoms with E-state index in [1.54, 1.807) is 0 Å². The van der Waals surface area contributed by atoms with Crippen molar-refractivity contribution in [2.45, 2.75) is 51.5 Å². The molecular formula is C15H30ClN3O. The quantitative estimate of drug-likeness (QED) is 0.814. The minimum Gasteiger partial charge on any atom is -0.352 e. The molecule has 2 rings (SSSR count). The van der Waals surface area contributed by atoms with Gasteiger partial charge < -0.3 is 15.5 Å². The predicted molar refractivity (Wildman–Crippen MR) is 85.4 cm³/mol. The maximum absolute atomic E-state index is 11.7. The number of halogens is 1. The third kappa shape index (κ3) is 5.98. The minimum atomic E-state index is 0. The molecule has 0 bridgehead atoms. The van der Waals surface area contributed by atoms with Crippen molar-refractivity contribution in [1.29, 1.82) is 0 Å². The van der Waals surface area contributed by atoms with Crippen LogP contribution in [0.1, 0.15) is 45.4 Å². The topological polar surface area (TPSA) is 44.4 Å². The van der Waals surface area contributed by atoms with Gasteiger partial charge in [0.2, 0.25) is 5.91 Å². The van der Waals surface area contributed by atoms with Gasteiger partial charge in [-0.2, -0.15) is 0 Å². The van der Waals surface area contributed by atoms with Crippen LogP contribution < -0.4 is 10.6 Å². The lowest BCUT2D eigenvalue weighted by molar-refractivity contribution is -0.122. The molecule has 2 saturated heterocycles. The lowest BCUT2D eigenvalue weighted by Crippen LogP contribution is -2.49. The summed E-state index contributed by atoms with van der Waals surface area (Å²) in [5.74, 6) is 1.09. The number of carbonyl (C=O) groups is 1. The van der Waals surface area contributed by atoms with Crippen molar-refractivity contribution in [2.24, 2.45) is 5.92 Å². The maximum atomic E-state index is 11.7. The van der Waals surface area contributed by atoms with Gasteiger partial charge in [0, 0.05) is 25.6 Å². The Labute approximate surface area is 129 Å². The lowest BCUT2D eigenvalue weighted by Gasteiger charge is -2.36. The van der Waals surface area contributed by atoms with Gasteiger partial charge in [-0.15, -0.1) is 12.4 Å². The van der Waals surface area contributed by atoms with Crippen molar-refractivity contribution >= 4 is 18.3 Å². The van der Waals surface area contributed by atoms with Crippen molar-refractivity contribution in [3.63, 3.8) is 0 Å². The molecule has 2 N–H and O–H groups in total. The van der Waals surface area contributed by atoms with Gasteiger partial charge in [0.1, 0.15) is 0 Å². The van der Waals surface area contributed by atoms with Crippen LogP contribution in [0.4, 0.5) is 0 Å². The van der Waals surface area contributed by atoms with Crippen LogP contribution in [0.25, 0.3) is 0 Å². The molecule has 0 aromatic carbocycles. The third-order valence-corrected chi connectivity index (χ3v) is 4.32. The molecule has 0 spiro atoms. The van der Waals surface area contributed by atoms with E-state index in [-0.39, 0.29) is 18.3 Å². The molecule has 5 heteroatoms. The van der Waals surface area contributed by atoms with E-state index in [9.17, 15) is 4.79 Å². The number of hydrogen-bond acceptors (Lipinski definition) is 3. The molecule has 4 nitrogen and oxygen atoms in total. The average Bonchev–Trinajstić information content (AvgIpc) is 2.40. The zero-order chi connectivity index (χ0) is 13.5. The van der Waals surface area contributed by atoms with Gasteiger partial charge in [-0.3, -0.25) is 4.79 Å². The highest BCUT2D eigenvalue weighted by molar-refractivity contribution is 5.85. The van der Waals surface area contributed by atoms with Crippen molar-refractivity contribution < 1.29 is 4.79 Å². The first-order chi connectivity index (χ1) is 9.28. The van der Waals surface area contributed by atoms with Gasteiger partial charge in [0.25, 0.3) is 0 Å². The Morgan fingerprint density at radius 1 is 1.30 bits per heavy atom. The van der Waals surface area contributed by atoms with Crippen LogP contribution in [0, 0.1) is 5.92 Å². The second kappa shape index (κ2) is 9.59. The smallest absolute Gasteiger partial charge is 0.220 e. The SMILES string of the molecule is CCCC(=O)NC1CCCN(CC2CCNCC2)C1.Cl. The first-order valence-corrected chi connectivity index (χ1v) is 8.00. The molecule has 1 unspecified atom stereocenters. The average molecular weight is 304 g/mol. The van der Waals surface area contributed by atoms with Gasteiger partial charge >= 0.3 is 0 Å². The summed E-state index contributed by atoms with van der Waals surface area (Å²) in [6.07, 6.45) is 6.61. The summed E-state index contributed by atoms with van der Waals surface area (Å²) < 4.78 is 0. The molecule has 0 aromatic heterocycles.